The Morgan fingerprint density at radius 3 is 2.65 bits per heavy atom. The summed E-state index contributed by atoms with van der Waals surface area (Å²) in [5.41, 5.74) is 0.605. The van der Waals surface area contributed by atoms with Gasteiger partial charge in [0, 0.05) is 11.8 Å². The molecule has 1 heterocycles. The lowest BCUT2D eigenvalue weighted by molar-refractivity contribution is -0.130. The van der Waals surface area contributed by atoms with Crippen molar-refractivity contribution >= 4 is 27.5 Å². The van der Waals surface area contributed by atoms with E-state index >= 15 is 0 Å². The van der Waals surface area contributed by atoms with Crippen LogP contribution in [0.25, 0.3) is 21.5 Å². The van der Waals surface area contributed by atoms with Crippen LogP contribution in [0, 0.1) is 0 Å². The lowest BCUT2D eigenvalue weighted by atomic mass is 9.98. The van der Waals surface area contributed by atoms with Crippen molar-refractivity contribution in [2.45, 2.75) is 25.6 Å². The number of ether oxygens (including phenoxy) is 2. The predicted octanol–water partition coefficient (Wildman–Crippen LogP) is 4.68. The Bertz CT molecular complexity index is 863. The molecular formula is C20H18O3. The highest BCUT2D eigenvalue weighted by Gasteiger charge is 2.21. The molecule has 0 spiro atoms. The van der Waals surface area contributed by atoms with Crippen molar-refractivity contribution in [2.75, 3.05) is 6.61 Å². The molecule has 4 rings (SSSR count). The Morgan fingerprint density at radius 2 is 1.78 bits per heavy atom. The molecule has 116 valence electrons. The first-order chi connectivity index (χ1) is 11.3. The molecule has 1 aliphatic rings. The second kappa shape index (κ2) is 6.01. The van der Waals surface area contributed by atoms with E-state index in [1.807, 2.05) is 42.5 Å². The van der Waals surface area contributed by atoms with E-state index in [4.69, 9.17) is 9.47 Å². The number of esters is 1. The molecule has 1 fully saturated rings. The van der Waals surface area contributed by atoms with Crippen LogP contribution < -0.4 is 0 Å². The van der Waals surface area contributed by atoms with Crippen molar-refractivity contribution in [2.24, 2.45) is 0 Å². The molecule has 1 aliphatic heterocycles. The highest BCUT2D eigenvalue weighted by Crippen LogP contribution is 2.29. The van der Waals surface area contributed by atoms with E-state index in [0.717, 1.165) is 40.8 Å². The van der Waals surface area contributed by atoms with Crippen molar-refractivity contribution in [3.8, 4) is 0 Å². The molecule has 0 bridgehead atoms. The third kappa shape index (κ3) is 2.68. The summed E-state index contributed by atoms with van der Waals surface area (Å²) in [7, 11) is 0. The summed E-state index contributed by atoms with van der Waals surface area (Å²) in [6.07, 6.45) is 2.43. The molecule has 3 heteroatoms. The topological polar surface area (TPSA) is 35.5 Å². The summed E-state index contributed by atoms with van der Waals surface area (Å²) in [5.74, 6) is -0.307. The van der Waals surface area contributed by atoms with Crippen LogP contribution in [0.3, 0.4) is 0 Å². The summed E-state index contributed by atoms with van der Waals surface area (Å²) >= 11 is 0. The SMILES string of the molecule is O=C(OC1CCCCO1)c1cccc2ccc3ccccc3c12. The zero-order chi connectivity index (χ0) is 15.6. The molecule has 1 saturated heterocycles. The molecule has 0 aromatic heterocycles. The van der Waals surface area contributed by atoms with E-state index in [2.05, 4.69) is 12.1 Å². The van der Waals surface area contributed by atoms with Gasteiger partial charge in [0.05, 0.1) is 12.2 Å². The minimum atomic E-state index is -0.415. The zero-order valence-corrected chi connectivity index (χ0v) is 12.8. The average Bonchev–Trinajstić information content (AvgIpc) is 2.62. The van der Waals surface area contributed by atoms with E-state index in [9.17, 15) is 4.79 Å². The highest BCUT2D eigenvalue weighted by atomic mass is 16.7. The Balaban J connectivity index is 1.79. The van der Waals surface area contributed by atoms with Crippen molar-refractivity contribution < 1.29 is 14.3 Å². The van der Waals surface area contributed by atoms with Gasteiger partial charge in [-0.25, -0.2) is 4.79 Å². The zero-order valence-electron chi connectivity index (χ0n) is 12.8. The van der Waals surface area contributed by atoms with Crippen molar-refractivity contribution in [3.05, 3.63) is 60.2 Å². The normalized spacial score (nSPS) is 18.2. The number of benzene rings is 3. The molecule has 0 aliphatic carbocycles. The maximum atomic E-state index is 12.7. The van der Waals surface area contributed by atoms with E-state index in [-0.39, 0.29) is 5.97 Å². The molecule has 1 unspecified atom stereocenters. The van der Waals surface area contributed by atoms with Crippen LogP contribution >= 0.6 is 0 Å². The van der Waals surface area contributed by atoms with E-state index in [0.29, 0.717) is 12.2 Å². The number of carbonyl (C=O) groups is 1. The van der Waals surface area contributed by atoms with Crippen molar-refractivity contribution in [1.29, 1.82) is 0 Å². The fraction of sp³-hybridized carbons (Fsp3) is 0.250. The number of carbonyl (C=O) groups excluding carboxylic acids is 1. The average molecular weight is 306 g/mol. The molecule has 0 radical (unpaired) electrons. The van der Waals surface area contributed by atoms with Gasteiger partial charge in [-0.2, -0.15) is 0 Å². The van der Waals surface area contributed by atoms with Gasteiger partial charge in [0.25, 0.3) is 0 Å². The second-order valence-electron chi connectivity index (χ2n) is 5.89. The molecule has 0 saturated carbocycles. The molecule has 3 nitrogen and oxygen atoms in total. The number of hydrogen-bond donors (Lipinski definition) is 0. The maximum Gasteiger partial charge on any atom is 0.341 e. The molecular weight excluding hydrogens is 288 g/mol. The van der Waals surface area contributed by atoms with Crippen LogP contribution in [0.1, 0.15) is 29.6 Å². The first kappa shape index (κ1) is 14.2. The Hall–Kier alpha value is -2.39. The molecule has 1 atom stereocenters. The lowest BCUT2D eigenvalue weighted by Gasteiger charge is -2.22. The van der Waals surface area contributed by atoms with Crippen LogP contribution in [-0.4, -0.2) is 18.9 Å². The number of hydrogen-bond acceptors (Lipinski definition) is 3. The largest absolute Gasteiger partial charge is 0.432 e. The summed E-state index contributed by atoms with van der Waals surface area (Å²) in [6, 6.07) is 18.0. The van der Waals surface area contributed by atoms with E-state index in [1.165, 1.54) is 0 Å². The van der Waals surface area contributed by atoms with Gasteiger partial charge < -0.3 is 9.47 Å². The first-order valence-electron chi connectivity index (χ1n) is 8.06. The first-order valence-corrected chi connectivity index (χ1v) is 8.06. The minimum Gasteiger partial charge on any atom is -0.432 e. The molecule has 3 aromatic rings. The van der Waals surface area contributed by atoms with Crippen molar-refractivity contribution in [1.82, 2.24) is 0 Å². The summed E-state index contributed by atoms with van der Waals surface area (Å²) in [4.78, 5) is 12.7. The van der Waals surface area contributed by atoms with Crippen LogP contribution in [0.15, 0.2) is 54.6 Å². The minimum absolute atomic E-state index is 0.307. The van der Waals surface area contributed by atoms with Crippen LogP contribution in [-0.2, 0) is 9.47 Å². The van der Waals surface area contributed by atoms with Gasteiger partial charge in [0.2, 0.25) is 6.29 Å². The Morgan fingerprint density at radius 1 is 0.957 bits per heavy atom. The standard InChI is InChI=1S/C20H18O3/c21-20(23-18-10-3-4-13-22-18)17-9-5-7-15-12-11-14-6-1-2-8-16(14)19(15)17/h1-2,5-9,11-12,18H,3-4,10,13H2. The second-order valence-corrected chi connectivity index (χ2v) is 5.89. The van der Waals surface area contributed by atoms with Gasteiger partial charge >= 0.3 is 5.97 Å². The maximum absolute atomic E-state index is 12.7. The van der Waals surface area contributed by atoms with Gasteiger partial charge in [-0.15, -0.1) is 0 Å². The smallest absolute Gasteiger partial charge is 0.341 e. The van der Waals surface area contributed by atoms with Gasteiger partial charge in [-0.3, -0.25) is 0 Å². The molecule has 0 amide bonds. The fourth-order valence-corrected chi connectivity index (χ4v) is 3.22. The number of rotatable bonds is 2. The quantitative estimate of drug-likeness (QED) is 0.509. The predicted molar refractivity (Wildman–Crippen MR) is 90.5 cm³/mol. The van der Waals surface area contributed by atoms with Gasteiger partial charge in [0.1, 0.15) is 0 Å². The summed E-state index contributed by atoms with van der Waals surface area (Å²) in [5, 5.41) is 4.19. The fourth-order valence-electron chi connectivity index (χ4n) is 3.22. The third-order valence-corrected chi connectivity index (χ3v) is 4.37. The summed E-state index contributed by atoms with van der Waals surface area (Å²) < 4.78 is 11.1. The van der Waals surface area contributed by atoms with Crippen LogP contribution in [0.2, 0.25) is 0 Å². The van der Waals surface area contributed by atoms with Gasteiger partial charge in [-0.05, 0) is 35.1 Å². The van der Waals surface area contributed by atoms with Crippen LogP contribution in [0.5, 0.6) is 0 Å². The van der Waals surface area contributed by atoms with Crippen LogP contribution in [0.4, 0.5) is 0 Å². The lowest BCUT2D eigenvalue weighted by Crippen LogP contribution is -2.25. The number of fused-ring (bicyclic) bond motifs is 3. The monoisotopic (exact) mass is 306 g/mol. The summed E-state index contributed by atoms with van der Waals surface area (Å²) in [6.45, 7) is 0.663. The van der Waals surface area contributed by atoms with Crippen molar-refractivity contribution in [3.63, 3.8) is 0 Å². The van der Waals surface area contributed by atoms with Gasteiger partial charge in [0.15, 0.2) is 0 Å². The van der Waals surface area contributed by atoms with E-state index in [1.54, 1.807) is 0 Å². The van der Waals surface area contributed by atoms with E-state index < -0.39 is 6.29 Å². The Labute approximate surface area is 134 Å². The molecule has 23 heavy (non-hydrogen) atoms. The third-order valence-electron chi connectivity index (χ3n) is 4.37. The van der Waals surface area contributed by atoms with Gasteiger partial charge in [-0.1, -0.05) is 48.5 Å². The molecule has 3 aromatic carbocycles. The molecule has 0 N–H and O–H groups in total. The Kier molecular flexibility index (Phi) is 3.72. The highest BCUT2D eigenvalue weighted by molar-refractivity contribution is 6.16.